The summed E-state index contributed by atoms with van der Waals surface area (Å²) < 4.78 is 43.3. The molecule has 1 saturated heterocycles. The normalized spacial score (nSPS) is 19.1. The first-order valence-corrected chi connectivity index (χ1v) is 10.7. The number of fused-ring (bicyclic) bond motifs is 1. The van der Waals surface area contributed by atoms with E-state index in [1.54, 1.807) is 25.4 Å². The minimum Gasteiger partial charge on any atom is -0.378 e. The molecule has 0 spiro atoms. The van der Waals surface area contributed by atoms with Gasteiger partial charge < -0.3 is 20.3 Å². The summed E-state index contributed by atoms with van der Waals surface area (Å²) in [5.74, 6) is 5.67. The summed E-state index contributed by atoms with van der Waals surface area (Å²) in [6, 6.07) is 1.76. The molecule has 0 radical (unpaired) electrons. The first kappa shape index (κ1) is 21.7. The lowest BCUT2D eigenvalue weighted by atomic mass is 10.0. The SMILES string of the molecule is CN1CC(n2cc(-c3nc(N)ncc3C(F)(F)F)c3cc(C#C[C@](C)(O)C4CC4)ncc32)C1. The van der Waals surface area contributed by atoms with Crippen LogP contribution in [0.4, 0.5) is 19.1 Å². The third-order valence-electron chi connectivity index (χ3n) is 6.34. The van der Waals surface area contributed by atoms with Gasteiger partial charge in [0.1, 0.15) is 16.9 Å². The Hall–Kier alpha value is -3.16. The van der Waals surface area contributed by atoms with Crippen molar-refractivity contribution in [3.05, 3.63) is 35.9 Å². The summed E-state index contributed by atoms with van der Waals surface area (Å²) in [5.41, 5.74) is 4.66. The zero-order chi connectivity index (χ0) is 23.5. The van der Waals surface area contributed by atoms with Crippen molar-refractivity contribution >= 4 is 16.9 Å². The van der Waals surface area contributed by atoms with Crippen molar-refractivity contribution in [3.8, 4) is 23.1 Å². The third-order valence-corrected chi connectivity index (χ3v) is 6.34. The van der Waals surface area contributed by atoms with E-state index in [0.717, 1.165) is 25.9 Å². The number of likely N-dealkylation sites (tertiary alicyclic amines) is 1. The number of nitrogen functional groups attached to an aromatic ring is 1. The molecule has 0 bridgehead atoms. The predicted octanol–water partition coefficient (Wildman–Crippen LogP) is 3.09. The number of likely N-dealkylation sites (N-methyl/N-ethyl adjacent to an activating group) is 1. The van der Waals surface area contributed by atoms with Crippen LogP contribution in [0.3, 0.4) is 0 Å². The molecule has 1 aliphatic carbocycles. The van der Waals surface area contributed by atoms with Crippen LogP contribution < -0.4 is 5.73 Å². The highest BCUT2D eigenvalue weighted by Crippen LogP contribution is 2.41. The minimum absolute atomic E-state index is 0.106. The molecule has 0 aromatic carbocycles. The Bertz CT molecular complexity index is 1290. The lowest BCUT2D eigenvalue weighted by Gasteiger charge is -2.37. The third kappa shape index (κ3) is 4.03. The lowest BCUT2D eigenvalue weighted by Crippen LogP contribution is -2.44. The zero-order valence-electron chi connectivity index (χ0n) is 18.2. The summed E-state index contributed by atoms with van der Waals surface area (Å²) in [6.07, 6.45) is 1.21. The first-order chi connectivity index (χ1) is 15.5. The van der Waals surface area contributed by atoms with Gasteiger partial charge in [-0.1, -0.05) is 5.92 Å². The minimum atomic E-state index is -4.65. The highest BCUT2D eigenvalue weighted by atomic mass is 19.4. The second-order valence-electron chi connectivity index (χ2n) is 9.07. The maximum Gasteiger partial charge on any atom is 0.419 e. The van der Waals surface area contributed by atoms with Gasteiger partial charge >= 0.3 is 6.18 Å². The molecule has 3 N–H and O–H groups in total. The molecule has 1 saturated carbocycles. The van der Waals surface area contributed by atoms with Crippen LogP contribution in [0.5, 0.6) is 0 Å². The van der Waals surface area contributed by atoms with E-state index in [2.05, 4.69) is 31.7 Å². The summed E-state index contributed by atoms with van der Waals surface area (Å²) >= 11 is 0. The largest absolute Gasteiger partial charge is 0.419 e. The van der Waals surface area contributed by atoms with Gasteiger partial charge in [-0.15, -0.1) is 0 Å². The van der Waals surface area contributed by atoms with Crippen LogP contribution in [0.1, 0.15) is 37.1 Å². The van der Waals surface area contributed by atoms with Crippen molar-refractivity contribution in [2.75, 3.05) is 25.9 Å². The van der Waals surface area contributed by atoms with E-state index in [1.165, 1.54) is 0 Å². The topological polar surface area (TPSA) is 93.1 Å². The number of aromatic nitrogens is 4. The zero-order valence-corrected chi connectivity index (χ0v) is 18.2. The lowest BCUT2D eigenvalue weighted by molar-refractivity contribution is -0.137. The number of pyridine rings is 1. The summed E-state index contributed by atoms with van der Waals surface area (Å²) in [7, 11) is 1.98. The monoisotopic (exact) mass is 456 g/mol. The van der Waals surface area contributed by atoms with Crippen molar-refractivity contribution in [1.82, 2.24) is 24.4 Å². The molecule has 33 heavy (non-hydrogen) atoms. The van der Waals surface area contributed by atoms with E-state index in [-0.39, 0.29) is 23.6 Å². The molecular formula is C23H23F3N6O. The van der Waals surface area contributed by atoms with Crippen LogP contribution in [0.25, 0.3) is 22.2 Å². The second-order valence-corrected chi connectivity index (χ2v) is 9.07. The molecule has 3 aromatic heterocycles. The maximum absolute atomic E-state index is 13.8. The van der Waals surface area contributed by atoms with E-state index < -0.39 is 17.3 Å². The van der Waals surface area contributed by atoms with Crippen LogP contribution in [-0.4, -0.2) is 55.3 Å². The standard InChI is InChI=1S/C23H23F3N6O/c1-22(33,13-3-4-13)6-5-14-7-16-17(20-18(23(24,25)26)8-29-21(27)30-20)12-32(19(16)9-28-14)15-10-31(2)11-15/h7-9,12-13,15,33H,3-4,10-11H2,1-2H3,(H2,27,29,30)/t22-/m0/s1. The Morgan fingerprint density at radius 3 is 2.55 bits per heavy atom. The Balaban J connectivity index is 1.68. The molecule has 7 nitrogen and oxygen atoms in total. The van der Waals surface area contributed by atoms with Crippen molar-refractivity contribution in [2.45, 2.75) is 37.6 Å². The number of halogens is 3. The summed E-state index contributed by atoms with van der Waals surface area (Å²) in [6.45, 7) is 3.21. The van der Waals surface area contributed by atoms with E-state index in [9.17, 15) is 18.3 Å². The van der Waals surface area contributed by atoms with Crippen LogP contribution in [0.2, 0.25) is 0 Å². The average Bonchev–Trinajstić information content (AvgIpc) is 3.52. The van der Waals surface area contributed by atoms with Crippen molar-refractivity contribution in [2.24, 2.45) is 5.92 Å². The van der Waals surface area contributed by atoms with Gasteiger partial charge in [0.05, 0.1) is 23.4 Å². The van der Waals surface area contributed by atoms with Crippen molar-refractivity contribution in [1.29, 1.82) is 0 Å². The van der Waals surface area contributed by atoms with Crippen LogP contribution in [-0.2, 0) is 6.18 Å². The number of aliphatic hydroxyl groups is 1. The number of hydrogen-bond donors (Lipinski definition) is 2. The number of rotatable bonds is 3. The molecule has 0 amide bonds. The van der Waals surface area contributed by atoms with Gasteiger partial charge in [0.25, 0.3) is 0 Å². The average molecular weight is 456 g/mol. The fourth-order valence-electron chi connectivity index (χ4n) is 4.30. The molecule has 4 heterocycles. The van der Waals surface area contributed by atoms with Crippen LogP contribution in [0, 0.1) is 17.8 Å². The van der Waals surface area contributed by atoms with Gasteiger partial charge in [-0.05, 0) is 44.7 Å². The number of nitrogens with zero attached hydrogens (tertiary/aromatic N) is 5. The fraction of sp³-hybridized carbons (Fsp3) is 0.435. The van der Waals surface area contributed by atoms with E-state index in [1.807, 2.05) is 11.6 Å². The van der Waals surface area contributed by atoms with Gasteiger partial charge in [0, 0.05) is 36.4 Å². The maximum atomic E-state index is 13.8. The molecule has 5 rings (SSSR count). The van der Waals surface area contributed by atoms with Crippen molar-refractivity contribution < 1.29 is 18.3 Å². The predicted molar refractivity (Wildman–Crippen MR) is 117 cm³/mol. The second kappa shape index (κ2) is 7.43. The highest BCUT2D eigenvalue weighted by Gasteiger charge is 2.39. The Labute approximate surface area is 188 Å². The van der Waals surface area contributed by atoms with Gasteiger partial charge in [-0.3, -0.25) is 0 Å². The Morgan fingerprint density at radius 1 is 1.18 bits per heavy atom. The van der Waals surface area contributed by atoms with Gasteiger partial charge in [-0.2, -0.15) is 13.2 Å². The quantitative estimate of drug-likeness (QED) is 0.589. The van der Waals surface area contributed by atoms with E-state index in [0.29, 0.717) is 28.4 Å². The van der Waals surface area contributed by atoms with Gasteiger partial charge in [-0.25, -0.2) is 15.0 Å². The smallest absolute Gasteiger partial charge is 0.378 e. The number of anilines is 1. The van der Waals surface area contributed by atoms with E-state index in [4.69, 9.17) is 5.73 Å². The molecule has 0 unspecified atom stereocenters. The first-order valence-electron chi connectivity index (χ1n) is 10.7. The summed E-state index contributed by atoms with van der Waals surface area (Å²) in [5, 5.41) is 11.0. The molecule has 172 valence electrons. The fourth-order valence-corrected chi connectivity index (χ4v) is 4.30. The molecule has 2 fully saturated rings. The summed E-state index contributed by atoms with van der Waals surface area (Å²) in [4.78, 5) is 14.0. The molecule has 10 heteroatoms. The van der Waals surface area contributed by atoms with Crippen LogP contribution in [0.15, 0.2) is 24.7 Å². The number of alkyl halides is 3. The van der Waals surface area contributed by atoms with Gasteiger partial charge in [0.15, 0.2) is 0 Å². The molecule has 1 atom stereocenters. The molecular weight excluding hydrogens is 433 g/mol. The molecule has 2 aliphatic rings. The van der Waals surface area contributed by atoms with Crippen molar-refractivity contribution in [3.63, 3.8) is 0 Å². The molecule has 1 aliphatic heterocycles. The highest BCUT2D eigenvalue weighted by molar-refractivity contribution is 5.96. The van der Waals surface area contributed by atoms with E-state index >= 15 is 0 Å². The molecule has 3 aromatic rings. The number of hydrogen-bond acceptors (Lipinski definition) is 6. The number of nitrogens with two attached hydrogens (primary N) is 1. The van der Waals surface area contributed by atoms with Gasteiger partial charge in [0.2, 0.25) is 5.95 Å². The Morgan fingerprint density at radius 2 is 1.91 bits per heavy atom. The van der Waals surface area contributed by atoms with Crippen LogP contribution >= 0.6 is 0 Å². The Kier molecular flexibility index (Phi) is 4.88.